The molecule has 3 rings (SSSR count). The van der Waals surface area contributed by atoms with Gasteiger partial charge in [-0.15, -0.1) is 0 Å². The number of nitrogens with one attached hydrogen (secondary N) is 1. The third kappa shape index (κ3) is 2.13. The van der Waals surface area contributed by atoms with E-state index in [1.807, 2.05) is 30.4 Å². The van der Waals surface area contributed by atoms with Crippen molar-refractivity contribution in [3.63, 3.8) is 0 Å². The normalized spacial score (nSPS) is 25.4. The van der Waals surface area contributed by atoms with Crippen LogP contribution in [0.25, 0.3) is 0 Å². The molecule has 1 atom stereocenters. The smallest absolute Gasteiger partial charge is 0.320 e. The highest BCUT2D eigenvalue weighted by molar-refractivity contribution is 5.81. The van der Waals surface area contributed by atoms with Crippen LogP contribution in [0, 0.1) is 0 Å². The number of Topliss-reactive ketones (excluding diaryl/α,β-unsaturated/α-hetero) is 1. The Labute approximate surface area is 112 Å². The van der Waals surface area contributed by atoms with Gasteiger partial charge in [0.25, 0.3) is 0 Å². The topological polar surface area (TPSA) is 56.4 Å². The monoisotopic (exact) mass is 261 g/mol. The van der Waals surface area contributed by atoms with Crippen molar-refractivity contribution < 1.29 is 9.59 Å². The lowest BCUT2D eigenvalue weighted by Crippen LogP contribution is -2.40. The van der Waals surface area contributed by atoms with Gasteiger partial charge in [-0.05, 0) is 24.5 Å². The Morgan fingerprint density at radius 2 is 2.00 bits per heavy atom. The van der Waals surface area contributed by atoms with E-state index in [4.69, 9.17) is 0 Å². The van der Waals surface area contributed by atoms with Crippen LogP contribution in [0.5, 0.6) is 0 Å². The standard InChI is InChI=1S/C14H19N3O2/c1-16-13(10-6-7-15-8-10)9-17(14(16)19)11-2-4-12(18)5-3-11/h6-8,11,13,15H,2-5,9H2,1H3. The Hall–Kier alpha value is -1.78. The van der Waals surface area contributed by atoms with Crippen molar-refractivity contribution in [3.05, 3.63) is 24.0 Å². The summed E-state index contributed by atoms with van der Waals surface area (Å²) in [5, 5.41) is 0. The second-order valence-electron chi connectivity index (χ2n) is 5.48. The van der Waals surface area contributed by atoms with Crippen molar-refractivity contribution in [1.29, 1.82) is 0 Å². The van der Waals surface area contributed by atoms with Crippen LogP contribution in [0.3, 0.4) is 0 Å². The van der Waals surface area contributed by atoms with Crippen LogP contribution < -0.4 is 0 Å². The van der Waals surface area contributed by atoms with Crippen molar-refractivity contribution >= 4 is 11.8 Å². The maximum atomic E-state index is 12.3. The summed E-state index contributed by atoms with van der Waals surface area (Å²) in [5.74, 6) is 0.332. The molecular weight excluding hydrogens is 242 g/mol. The summed E-state index contributed by atoms with van der Waals surface area (Å²) < 4.78 is 0. The molecular formula is C14H19N3O2. The summed E-state index contributed by atoms with van der Waals surface area (Å²) in [6.07, 6.45) is 6.70. The zero-order valence-electron chi connectivity index (χ0n) is 11.1. The van der Waals surface area contributed by atoms with E-state index >= 15 is 0 Å². The number of hydrogen-bond acceptors (Lipinski definition) is 2. The molecule has 19 heavy (non-hydrogen) atoms. The Morgan fingerprint density at radius 1 is 1.26 bits per heavy atom. The number of H-pyrrole nitrogens is 1. The number of carbonyl (C=O) groups excluding carboxylic acids is 2. The largest absolute Gasteiger partial charge is 0.367 e. The lowest BCUT2D eigenvalue weighted by atomic mass is 9.93. The van der Waals surface area contributed by atoms with E-state index in [1.165, 1.54) is 0 Å². The number of hydrogen-bond donors (Lipinski definition) is 1. The van der Waals surface area contributed by atoms with Crippen molar-refractivity contribution in [3.8, 4) is 0 Å². The van der Waals surface area contributed by atoms with E-state index in [2.05, 4.69) is 4.98 Å². The van der Waals surface area contributed by atoms with E-state index in [9.17, 15) is 9.59 Å². The number of nitrogens with zero attached hydrogens (tertiary/aromatic N) is 2. The van der Waals surface area contributed by atoms with Gasteiger partial charge < -0.3 is 14.8 Å². The molecule has 1 aromatic rings. The third-order valence-electron chi connectivity index (χ3n) is 4.34. The molecule has 0 aromatic carbocycles. The van der Waals surface area contributed by atoms with Crippen LogP contribution in [-0.2, 0) is 4.79 Å². The van der Waals surface area contributed by atoms with Gasteiger partial charge in [0.15, 0.2) is 0 Å². The highest BCUT2D eigenvalue weighted by atomic mass is 16.2. The zero-order chi connectivity index (χ0) is 13.4. The molecule has 1 saturated carbocycles. The molecule has 1 unspecified atom stereocenters. The zero-order valence-corrected chi connectivity index (χ0v) is 11.1. The Balaban J connectivity index is 1.74. The molecule has 0 radical (unpaired) electrons. The van der Waals surface area contributed by atoms with Gasteiger partial charge in [0.1, 0.15) is 5.78 Å². The molecule has 2 fully saturated rings. The van der Waals surface area contributed by atoms with E-state index in [1.54, 1.807) is 4.90 Å². The maximum Gasteiger partial charge on any atom is 0.320 e. The molecule has 5 heteroatoms. The van der Waals surface area contributed by atoms with Crippen LogP contribution in [0.4, 0.5) is 4.79 Å². The fraction of sp³-hybridized carbons (Fsp3) is 0.571. The SMILES string of the molecule is CN1C(=O)N(C2CCC(=O)CC2)CC1c1cc[nH]c1. The minimum atomic E-state index is 0.0885. The molecule has 1 aromatic heterocycles. The highest BCUT2D eigenvalue weighted by Gasteiger charge is 2.40. The van der Waals surface area contributed by atoms with Crippen LogP contribution in [0.15, 0.2) is 18.5 Å². The van der Waals surface area contributed by atoms with E-state index in [0.717, 1.165) is 24.9 Å². The van der Waals surface area contributed by atoms with Crippen LogP contribution in [0.2, 0.25) is 0 Å². The van der Waals surface area contributed by atoms with Gasteiger partial charge in [-0.25, -0.2) is 4.79 Å². The molecule has 1 saturated heterocycles. The molecule has 5 nitrogen and oxygen atoms in total. The van der Waals surface area contributed by atoms with Gasteiger partial charge in [-0.2, -0.15) is 0 Å². The molecule has 2 heterocycles. The van der Waals surface area contributed by atoms with Crippen LogP contribution >= 0.6 is 0 Å². The van der Waals surface area contributed by atoms with Gasteiger partial charge in [-0.3, -0.25) is 4.79 Å². The predicted molar refractivity (Wildman–Crippen MR) is 70.7 cm³/mol. The number of urea groups is 1. The summed E-state index contributed by atoms with van der Waals surface area (Å²) in [7, 11) is 1.86. The average Bonchev–Trinajstić information content (AvgIpc) is 3.02. The molecule has 1 N–H and O–H groups in total. The third-order valence-corrected chi connectivity index (χ3v) is 4.34. The fourth-order valence-electron chi connectivity index (χ4n) is 3.14. The number of carbonyl (C=O) groups is 2. The van der Waals surface area contributed by atoms with Crippen molar-refractivity contribution in [2.24, 2.45) is 0 Å². The first-order valence-electron chi connectivity index (χ1n) is 6.84. The highest BCUT2D eigenvalue weighted by Crippen LogP contribution is 2.32. The molecule has 2 amide bonds. The maximum absolute atomic E-state index is 12.3. The second-order valence-corrected chi connectivity index (χ2v) is 5.48. The predicted octanol–water partition coefficient (Wildman–Crippen LogP) is 1.93. The second kappa shape index (κ2) is 4.72. The summed E-state index contributed by atoms with van der Waals surface area (Å²) in [6, 6.07) is 2.46. The summed E-state index contributed by atoms with van der Waals surface area (Å²) in [6.45, 7) is 0.728. The lowest BCUT2D eigenvalue weighted by molar-refractivity contribution is -0.121. The van der Waals surface area contributed by atoms with E-state index in [-0.39, 0.29) is 18.1 Å². The first-order valence-corrected chi connectivity index (χ1v) is 6.84. The number of aromatic nitrogens is 1. The summed E-state index contributed by atoms with van der Waals surface area (Å²) >= 11 is 0. The van der Waals surface area contributed by atoms with E-state index in [0.29, 0.717) is 18.6 Å². The van der Waals surface area contributed by atoms with E-state index < -0.39 is 0 Å². The van der Waals surface area contributed by atoms with Gasteiger partial charge in [0.2, 0.25) is 0 Å². The van der Waals surface area contributed by atoms with Gasteiger partial charge in [0, 0.05) is 44.9 Å². The molecule has 2 aliphatic rings. The Morgan fingerprint density at radius 3 is 2.63 bits per heavy atom. The number of ketones is 1. The average molecular weight is 261 g/mol. The Bertz CT molecular complexity index is 473. The van der Waals surface area contributed by atoms with Crippen LogP contribution in [-0.4, -0.2) is 46.2 Å². The number of rotatable bonds is 2. The molecule has 1 aliphatic carbocycles. The molecule has 1 aliphatic heterocycles. The van der Waals surface area contributed by atoms with Gasteiger partial charge >= 0.3 is 6.03 Å². The van der Waals surface area contributed by atoms with Crippen molar-refractivity contribution in [2.75, 3.05) is 13.6 Å². The number of likely N-dealkylation sites (N-methyl/N-ethyl adjacent to an activating group) is 1. The van der Waals surface area contributed by atoms with Crippen molar-refractivity contribution in [2.45, 2.75) is 37.8 Å². The minimum Gasteiger partial charge on any atom is -0.367 e. The first-order chi connectivity index (χ1) is 9.16. The number of aromatic amines is 1. The Kier molecular flexibility index (Phi) is 3.05. The van der Waals surface area contributed by atoms with Crippen LogP contribution in [0.1, 0.15) is 37.3 Å². The number of amides is 2. The molecule has 0 bridgehead atoms. The van der Waals surface area contributed by atoms with Gasteiger partial charge in [0.05, 0.1) is 6.04 Å². The van der Waals surface area contributed by atoms with Gasteiger partial charge in [-0.1, -0.05) is 0 Å². The molecule has 102 valence electrons. The quantitative estimate of drug-likeness (QED) is 0.884. The fourth-order valence-corrected chi connectivity index (χ4v) is 3.14. The molecule has 0 spiro atoms. The minimum absolute atomic E-state index is 0.0885. The van der Waals surface area contributed by atoms with Crippen molar-refractivity contribution in [1.82, 2.24) is 14.8 Å². The lowest BCUT2D eigenvalue weighted by Gasteiger charge is -2.29. The summed E-state index contributed by atoms with van der Waals surface area (Å²) in [4.78, 5) is 30.4. The summed E-state index contributed by atoms with van der Waals surface area (Å²) in [5.41, 5.74) is 1.14. The first kappa shape index (κ1) is 12.3.